The van der Waals surface area contributed by atoms with Crippen LogP contribution in [0.5, 0.6) is 0 Å². The molecule has 0 spiro atoms. The zero-order valence-corrected chi connectivity index (χ0v) is 14.3. The highest BCUT2D eigenvalue weighted by Gasteiger charge is 2.28. The molecular formula is C17H22N2O5. The molecule has 1 aliphatic rings. The first-order valence-electron chi connectivity index (χ1n) is 7.68. The highest BCUT2D eigenvalue weighted by Crippen LogP contribution is 2.23. The molecule has 0 saturated heterocycles. The summed E-state index contributed by atoms with van der Waals surface area (Å²) in [5.74, 6) is -0.641. The first-order chi connectivity index (χ1) is 11.2. The smallest absolute Gasteiger partial charge is 0.407 e. The third-order valence-corrected chi connectivity index (χ3v) is 3.46. The van der Waals surface area contributed by atoms with Gasteiger partial charge in [0, 0.05) is 25.2 Å². The molecule has 0 radical (unpaired) electrons. The van der Waals surface area contributed by atoms with Crippen molar-refractivity contribution in [3.05, 3.63) is 34.9 Å². The van der Waals surface area contributed by atoms with Crippen molar-refractivity contribution in [1.82, 2.24) is 10.2 Å². The number of amides is 2. The second-order valence-corrected chi connectivity index (χ2v) is 6.52. The summed E-state index contributed by atoms with van der Waals surface area (Å²) in [6, 6.07) is 4.94. The van der Waals surface area contributed by atoms with Crippen molar-refractivity contribution in [1.29, 1.82) is 0 Å². The summed E-state index contributed by atoms with van der Waals surface area (Å²) in [5, 5.41) is 2.62. The van der Waals surface area contributed by atoms with Crippen molar-refractivity contribution in [2.75, 3.05) is 20.2 Å². The number of ether oxygens (including phenoxy) is 2. The van der Waals surface area contributed by atoms with E-state index in [0.29, 0.717) is 30.8 Å². The van der Waals surface area contributed by atoms with Gasteiger partial charge in [0.15, 0.2) is 0 Å². The van der Waals surface area contributed by atoms with E-state index in [1.54, 1.807) is 43.9 Å². The first-order valence-corrected chi connectivity index (χ1v) is 7.68. The summed E-state index contributed by atoms with van der Waals surface area (Å²) in [6.07, 6.45) is -0.514. The highest BCUT2D eigenvalue weighted by atomic mass is 16.6. The van der Waals surface area contributed by atoms with Gasteiger partial charge in [0.05, 0.1) is 12.7 Å². The lowest BCUT2D eigenvalue weighted by Gasteiger charge is -2.21. The minimum absolute atomic E-state index is 0.165. The largest absolute Gasteiger partial charge is 0.465 e. The molecule has 130 valence electrons. The van der Waals surface area contributed by atoms with Crippen LogP contribution in [0.2, 0.25) is 0 Å². The van der Waals surface area contributed by atoms with Gasteiger partial charge in [0.25, 0.3) is 5.91 Å². The van der Waals surface area contributed by atoms with E-state index in [9.17, 15) is 14.4 Å². The Kier molecular flexibility index (Phi) is 5.11. The molecule has 0 atom stereocenters. The average molecular weight is 334 g/mol. The standard InChI is InChI=1S/C17H22N2O5/c1-17(2,3)24-16(22)18-7-8-19-10-12-6-5-11(15(21)23-4)9-13(12)14(19)20/h5-6,9H,7-8,10H2,1-4H3,(H,18,22). The average Bonchev–Trinajstić information content (AvgIpc) is 2.81. The van der Waals surface area contributed by atoms with Gasteiger partial charge in [0.1, 0.15) is 5.60 Å². The molecule has 7 heteroatoms. The number of nitrogens with zero attached hydrogens (tertiary/aromatic N) is 1. The fourth-order valence-corrected chi connectivity index (χ4v) is 2.39. The predicted octanol–water partition coefficient (Wildman–Crippen LogP) is 1.95. The number of rotatable bonds is 4. The van der Waals surface area contributed by atoms with Crippen LogP contribution in [0, 0.1) is 0 Å². The molecular weight excluding hydrogens is 312 g/mol. The number of carbonyl (C=O) groups excluding carboxylic acids is 3. The van der Waals surface area contributed by atoms with Gasteiger partial charge in [0.2, 0.25) is 0 Å². The molecule has 0 bridgehead atoms. The van der Waals surface area contributed by atoms with Gasteiger partial charge in [-0.25, -0.2) is 9.59 Å². The Morgan fingerprint density at radius 2 is 2.00 bits per heavy atom. The van der Waals surface area contributed by atoms with Gasteiger partial charge in [-0.1, -0.05) is 6.07 Å². The summed E-state index contributed by atoms with van der Waals surface area (Å²) in [5.41, 5.74) is 1.13. The van der Waals surface area contributed by atoms with E-state index in [2.05, 4.69) is 10.1 Å². The summed E-state index contributed by atoms with van der Waals surface area (Å²) < 4.78 is 9.80. The third-order valence-electron chi connectivity index (χ3n) is 3.46. The molecule has 1 aromatic rings. The summed E-state index contributed by atoms with van der Waals surface area (Å²) in [4.78, 5) is 37.2. The van der Waals surface area contributed by atoms with E-state index in [1.807, 2.05) is 0 Å². The molecule has 1 N–H and O–H groups in total. The number of fused-ring (bicyclic) bond motifs is 1. The number of esters is 1. The summed E-state index contributed by atoms with van der Waals surface area (Å²) in [7, 11) is 1.30. The number of alkyl carbamates (subject to hydrolysis) is 1. The number of carbonyl (C=O) groups is 3. The molecule has 24 heavy (non-hydrogen) atoms. The van der Waals surface area contributed by atoms with Crippen LogP contribution in [0.1, 0.15) is 47.1 Å². The minimum Gasteiger partial charge on any atom is -0.465 e. The number of hydrogen-bond donors (Lipinski definition) is 1. The first kappa shape index (κ1) is 17.8. The van der Waals surface area contributed by atoms with Crippen LogP contribution in [-0.4, -0.2) is 48.7 Å². The molecule has 0 fully saturated rings. The van der Waals surface area contributed by atoms with Gasteiger partial charge in [-0.2, -0.15) is 0 Å². The molecule has 0 aromatic heterocycles. The lowest BCUT2D eigenvalue weighted by Crippen LogP contribution is -2.38. The topological polar surface area (TPSA) is 84.9 Å². The second-order valence-electron chi connectivity index (χ2n) is 6.52. The van der Waals surface area contributed by atoms with Gasteiger partial charge in [-0.3, -0.25) is 4.79 Å². The lowest BCUT2D eigenvalue weighted by atomic mass is 10.1. The maximum absolute atomic E-state index is 12.4. The Morgan fingerprint density at radius 1 is 1.29 bits per heavy atom. The molecule has 1 aliphatic heterocycles. The van der Waals surface area contributed by atoms with E-state index in [1.165, 1.54) is 7.11 Å². The van der Waals surface area contributed by atoms with E-state index in [0.717, 1.165) is 5.56 Å². The molecule has 1 heterocycles. The Balaban J connectivity index is 1.92. The second kappa shape index (κ2) is 6.90. The van der Waals surface area contributed by atoms with Crippen LogP contribution in [-0.2, 0) is 16.0 Å². The van der Waals surface area contributed by atoms with E-state index < -0.39 is 17.7 Å². The van der Waals surface area contributed by atoms with E-state index in [4.69, 9.17) is 4.74 Å². The normalized spacial score (nSPS) is 13.5. The van der Waals surface area contributed by atoms with Gasteiger partial charge in [-0.05, 0) is 38.5 Å². The van der Waals surface area contributed by atoms with Crippen molar-refractivity contribution >= 4 is 18.0 Å². The minimum atomic E-state index is -0.561. The Bertz CT molecular complexity index is 663. The van der Waals surface area contributed by atoms with Crippen LogP contribution in [0.3, 0.4) is 0 Å². The quantitative estimate of drug-likeness (QED) is 0.851. The Labute approximate surface area is 140 Å². The van der Waals surface area contributed by atoms with Crippen LogP contribution in [0.15, 0.2) is 18.2 Å². The van der Waals surface area contributed by atoms with Crippen molar-refractivity contribution in [2.24, 2.45) is 0 Å². The molecule has 2 rings (SSSR count). The fraction of sp³-hybridized carbons (Fsp3) is 0.471. The molecule has 0 aliphatic carbocycles. The van der Waals surface area contributed by atoms with Crippen molar-refractivity contribution in [3.8, 4) is 0 Å². The molecule has 2 amide bonds. The highest BCUT2D eigenvalue weighted by molar-refractivity contribution is 6.01. The molecule has 0 unspecified atom stereocenters. The summed E-state index contributed by atoms with van der Waals surface area (Å²) in [6.45, 7) is 6.45. The van der Waals surface area contributed by atoms with Crippen molar-refractivity contribution in [3.63, 3.8) is 0 Å². The number of benzene rings is 1. The van der Waals surface area contributed by atoms with Crippen LogP contribution >= 0.6 is 0 Å². The Hall–Kier alpha value is -2.57. The molecule has 1 aromatic carbocycles. The zero-order valence-electron chi connectivity index (χ0n) is 14.3. The van der Waals surface area contributed by atoms with Crippen molar-refractivity contribution < 1.29 is 23.9 Å². The number of nitrogens with one attached hydrogen (secondary N) is 1. The van der Waals surface area contributed by atoms with Crippen LogP contribution in [0.25, 0.3) is 0 Å². The number of methoxy groups -OCH3 is 1. The van der Waals surface area contributed by atoms with Gasteiger partial charge < -0.3 is 19.7 Å². The lowest BCUT2D eigenvalue weighted by molar-refractivity contribution is 0.0514. The predicted molar refractivity (Wildman–Crippen MR) is 86.8 cm³/mol. The Morgan fingerprint density at radius 3 is 2.62 bits per heavy atom. The fourth-order valence-electron chi connectivity index (χ4n) is 2.39. The maximum atomic E-state index is 12.4. The summed E-state index contributed by atoms with van der Waals surface area (Å²) >= 11 is 0. The van der Waals surface area contributed by atoms with Gasteiger partial charge >= 0.3 is 12.1 Å². The van der Waals surface area contributed by atoms with Gasteiger partial charge in [-0.15, -0.1) is 0 Å². The zero-order chi connectivity index (χ0) is 17.9. The number of hydrogen-bond acceptors (Lipinski definition) is 5. The maximum Gasteiger partial charge on any atom is 0.407 e. The van der Waals surface area contributed by atoms with Crippen LogP contribution in [0.4, 0.5) is 4.79 Å². The van der Waals surface area contributed by atoms with E-state index in [-0.39, 0.29) is 5.91 Å². The third kappa shape index (κ3) is 4.24. The van der Waals surface area contributed by atoms with E-state index >= 15 is 0 Å². The molecule has 7 nitrogen and oxygen atoms in total. The van der Waals surface area contributed by atoms with Crippen LogP contribution < -0.4 is 5.32 Å². The molecule has 0 saturated carbocycles. The van der Waals surface area contributed by atoms with Crippen molar-refractivity contribution in [2.45, 2.75) is 32.9 Å². The SMILES string of the molecule is COC(=O)c1ccc2c(c1)C(=O)N(CCNC(=O)OC(C)(C)C)C2. The monoisotopic (exact) mass is 334 g/mol.